The Morgan fingerprint density at radius 2 is 1.41 bits per heavy atom. The van der Waals surface area contributed by atoms with Crippen LogP contribution in [0.2, 0.25) is 0 Å². The van der Waals surface area contributed by atoms with Gasteiger partial charge in [0.2, 0.25) is 26.0 Å². The molecule has 1 fully saturated rings. The number of carbonyl (C=O) groups is 1. The second-order valence-electron chi connectivity index (χ2n) is 8.57. The van der Waals surface area contributed by atoms with E-state index in [-0.39, 0.29) is 29.4 Å². The number of thioether (sulfide) groups is 1. The van der Waals surface area contributed by atoms with Crippen LogP contribution in [0.5, 0.6) is 0 Å². The summed E-state index contributed by atoms with van der Waals surface area (Å²) in [6.45, 7) is 1.84. The zero-order chi connectivity index (χ0) is 26.5. The molecule has 1 aliphatic rings. The number of nitrogens with one attached hydrogen (secondary N) is 1. The van der Waals surface area contributed by atoms with E-state index >= 15 is 0 Å². The van der Waals surface area contributed by atoms with Crippen LogP contribution in [0.4, 0.5) is 0 Å². The van der Waals surface area contributed by atoms with E-state index in [1.165, 1.54) is 28.6 Å². The average Bonchev–Trinajstić information content (AvgIpc) is 2.92. The average molecular weight is 560 g/mol. The molecule has 1 heterocycles. The van der Waals surface area contributed by atoms with Gasteiger partial charge >= 0.3 is 0 Å². The van der Waals surface area contributed by atoms with Gasteiger partial charge in [-0.2, -0.15) is 8.61 Å². The molecule has 1 amide bonds. The van der Waals surface area contributed by atoms with Crippen molar-refractivity contribution in [2.75, 3.05) is 31.9 Å². The molecule has 11 heteroatoms. The van der Waals surface area contributed by atoms with Crippen molar-refractivity contribution < 1.29 is 21.6 Å². The lowest BCUT2D eigenvalue weighted by Crippen LogP contribution is -2.61. The molecule has 1 atom stereocenters. The van der Waals surface area contributed by atoms with E-state index in [1.807, 2.05) is 31.2 Å². The highest BCUT2D eigenvalue weighted by molar-refractivity contribution is 7.99. The van der Waals surface area contributed by atoms with Crippen molar-refractivity contribution in [1.82, 2.24) is 13.9 Å². The normalized spacial score (nSPS) is 17.4. The summed E-state index contributed by atoms with van der Waals surface area (Å²) >= 11 is 1.57. The standard InChI is InChI=1S/C26H29N3O5S3/c1-21-12-14-22(15-13-21)35-19-16-27-26(30)25-20-28(36(31,32)23-8-4-2-5-9-23)17-18-29(25)37(33,34)24-10-6-3-7-11-24/h2-15,25H,16-20H2,1H3,(H,27,30)/t25-/m1/s1. The highest BCUT2D eigenvalue weighted by atomic mass is 32.2. The lowest BCUT2D eigenvalue weighted by molar-refractivity contribution is -0.125. The van der Waals surface area contributed by atoms with Crippen LogP contribution >= 0.6 is 11.8 Å². The van der Waals surface area contributed by atoms with Crippen molar-refractivity contribution in [3.05, 3.63) is 90.5 Å². The van der Waals surface area contributed by atoms with Crippen molar-refractivity contribution in [1.29, 1.82) is 0 Å². The first kappa shape index (κ1) is 27.3. The third-order valence-corrected chi connectivity index (χ3v) is 10.8. The molecule has 0 aromatic heterocycles. The van der Waals surface area contributed by atoms with Gasteiger partial charge in [0.15, 0.2) is 0 Å². The highest BCUT2D eigenvalue weighted by Crippen LogP contribution is 2.25. The van der Waals surface area contributed by atoms with Crippen LogP contribution < -0.4 is 5.32 Å². The Hall–Kier alpha value is -2.70. The van der Waals surface area contributed by atoms with E-state index in [0.717, 1.165) is 14.8 Å². The second-order valence-corrected chi connectivity index (χ2v) is 13.6. The molecule has 3 aromatic carbocycles. The van der Waals surface area contributed by atoms with Gasteiger partial charge in [-0.3, -0.25) is 4.79 Å². The van der Waals surface area contributed by atoms with E-state index in [2.05, 4.69) is 5.32 Å². The number of sulfonamides is 2. The summed E-state index contributed by atoms with van der Waals surface area (Å²) in [4.78, 5) is 14.5. The Morgan fingerprint density at radius 3 is 2.00 bits per heavy atom. The SMILES string of the molecule is Cc1ccc(SCCNC(=O)[C@H]2CN(S(=O)(=O)c3ccccc3)CCN2S(=O)(=O)c2ccccc2)cc1. The first-order valence-electron chi connectivity index (χ1n) is 11.8. The Morgan fingerprint density at radius 1 is 0.838 bits per heavy atom. The van der Waals surface area contributed by atoms with Crippen LogP contribution in [-0.2, 0) is 24.8 Å². The lowest BCUT2D eigenvalue weighted by Gasteiger charge is -2.38. The molecule has 8 nitrogen and oxygen atoms in total. The van der Waals surface area contributed by atoms with Crippen LogP contribution in [0.3, 0.4) is 0 Å². The number of amides is 1. The highest BCUT2D eigenvalue weighted by Gasteiger charge is 2.43. The topological polar surface area (TPSA) is 104 Å². The number of piperazine rings is 1. The fourth-order valence-electron chi connectivity index (χ4n) is 4.03. The minimum Gasteiger partial charge on any atom is -0.354 e. The predicted octanol–water partition coefficient (Wildman–Crippen LogP) is 2.97. The largest absolute Gasteiger partial charge is 0.354 e. The Labute approximate surface area is 222 Å². The van der Waals surface area contributed by atoms with Crippen molar-refractivity contribution >= 4 is 37.7 Å². The fourth-order valence-corrected chi connectivity index (χ4v) is 7.84. The molecule has 196 valence electrons. The second kappa shape index (κ2) is 11.8. The van der Waals surface area contributed by atoms with Crippen LogP contribution in [0, 0.1) is 6.92 Å². The number of carbonyl (C=O) groups excluding carboxylic acids is 1. The summed E-state index contributed by atoms with van der Waals surface area (Å²) in [5.74, 6) is 0.0517. The van der Waals surface area contributed by atoms with Gasteiger partial charge in [0.05, 0.1) is 9.79 Å². The first-order chi connectivity index (χ1) is 17.7. The molecule has 0 spiro atoms. The van der Waals surface area contributed by atoms with Crippen LogP contribution in [0.1, 0.15) is 5.56 Å². The first-order valence-corrected chi connectivity index (χ1v) is 15.7. The lowest BCUT2D eigenvalue weighted by atomic mass is 10.2. The van der Waals surface area contributed by atoms with Crippen LogP contribution in [-0.4, -0.2) is 69.3 Å². The maximum atomic E-state index is 13.4. The minimum absolute atomic E-state index is 0.0575. The molecule has 0 radical (unpaired) electrons. The monoisotopic (exact) mass is 559 g/mol. The summed E-state index contributed by atoms with van der Waals surface area (Å²) in [5, 5.41) is 2.81. The number of hydrogen-bond acceptors (Lipinski definition) is 6. The molecular weight excluding hydrogens is 531 g/mol. The van der Waals surface area contributed by atoms with Gasteiger partial charge in [-0.15, -0.1) is 11.8 Å². The summed E-state index contributed by atoms with van der Waals surface area (Å²) < 4.78 is 55.7. The molecule has 0 aliphatic carbocycles. The Bertz CT molecular complexity index is 1420. The third-order valence-electron chi connectivity index (χ3n) is 6.02. The number of benzene rings is 3. The van der Waals surface area contributed by atoms with Gasteiger partial charge in [0, 0.05) is 36.8 Å². The van der Waals surface area contributed by atoms with Gasteiger partial charge in [0.1, 0.15) is 6.04 Å². The predicted molar refractivity (Wildman–Crippen MR) is 144 cm³/mol. The minimum atomic E-state index is -4.02. The summed E-state index contributed by atoms with van der Waals surface area (Å²) in [6, 6.07) is 22.6. The molecule has 0 unspecified atom stereocenters. The van der Waals surface area contributed by atoms with E-state index in [4.69, 9.17) is 0 Å². The van der Waals surface area contributed by atoms with E-state index in [0.29, 0.717) is 12.3 Å². The number of nitrogens with zero attached hydrogens (tertiary/aromatic N) is 2. The molecule has 4 rings (SSSR count). The van der Waals surface area contributed by atoms with Gasteiger partial charge in [-0.1, -0.05) is 54.1 Å². The van der Waals surface area contributed by atoms with Gasteiger partial charge in [-0.25, -0.2) is 16.8 Å². The molecule has 1 saturated heterocycles. The summed E-state index contributed by atoms with van der Waals surface area (Å²) in [7, 11) is -7.92. The van der Waals surface area contributed by atoms with Gasteiger partial charge in [-0.05, 0) is 43.3 Å². The van der Waals surface area contributed by atoms with Crippen molar-refractivity contribution in [3.8, 4) is 0 Å². The zero-order valence-electron chi connectivity index (χ0n) is 20.4. The van der Waals surface area contributed by atoms with Crippen LogP contribution in [0.15, 0.2) is 99.6 Å². The molecule has 0 bridgehead atoms. The van der Waals surface area contributed by atoms with Crippen LogP contribution in [0.25, 0.3) is 0 Å². The van der Waals surface area contributed by atoms with E-state index < -0.39 is 32.0 Å². The van der Waals surface area contributed by atoms with Gasteiger partial charge in [0.25, 0.3) is 0 Å². The third kappa shape index (κ3) is 6.42. The molecule has 37 heavy (non-hydrogen) atoms. The summed E-state index contributed by atoms with van der Waals surface area (Å²) in [6.07, 6.45) is 0. The molecule has 1 N–H and O–H groups in total. The molecular formula is C26H29N3O5S3. The maximum Gasteiger partial charge on any atom is 0.243 e. The summed E-state index contributed by atoms with van der Waals surface area (Å²) in [5.41, 5.74) is 1.16. The van der Waals surface area contributed by atoms with E-state index in [9.17, 15) is 21.6 Å². The van der Waals surface area contributed by atoms with Crippen molar-refractivity contribution in [2.45, 2.75) is 27.7 Å². The quantitative estimate of drug-likeness (QED) is 0.319. The van der Waals surface area contributed by atoms with Crippen molar-refractivity contribution in [2.24, 2.45) is 0 Å². The molecule has 3 aromatic rings. The molecule has 1 aliphatic heterocycles. The van der Waals surface area contributed by atoms with Gasteiger partial charge < -0.3 is 5.32 Å². The molecule has 0 saturated carbocycles. The zero-order valence-corrected chi connectivity index (χ0v) is 22.8. The Balaban J connectivity index is 1.52. The number of rotatable bonds is 9. The Kier molecular flexibility index (Phi) is 8.71. The number of hydrogen-bond donors (Lipinski definition) is 1. The van der Waals surface area contributed by atoms with Crippen molar-refractivity contribution in [3.63, 3.8) is 0 Å². The number of aryl methyl sites for hydroxylation is 1. The van der Waals surface area contributed by atoms with E-state index in [1.54, 1.807) is 48.2 Å². The smallest absolute Gasteiger partial charge is 0.243 e. The maximum absolute atomic E-state index is 13.4. The fraction of sp³-hybridized carbons (Fsp3) is 0.269.